The first-order valence-electron chi connectivity index (χ1n) is 9.03. The summed E-state index contributed by atoms with van der Waals surface area (Å²) in [5, 5.41) is 3.32. The Labute approximate surface area is 162 Å². The molecule has 0 saturated carbocycles. The van der Waals surface area contributed by atoms with Crippen LogP contribution < -0.4 is 10.2 Å². The Bertz CT molecular complexity index is 736. The summed E-state index contributed by atoms with van der Waals surface area (Å²) in [4.78, 5) is 6.06. The van der Waals surface area contributed by atoms with Crippen molar-refractivity contribution in [2.45, 2.75) is 17.5 Å². The Hall–Kier alpha value is -1.70. The number of allylic oxidation sites excluding steroid dienone is 2. The summed E-state index contributed by atoms with van der Waals surface area (Å²) >= 11 is 1.44. The van der Waals surface area contributed by atoms with Crippen molar-refractivity contribution in [3.63, 3.8) is 0 Å². The number of alkyl halides is 3. The zero-order valence-electron chi connectivity index (χ0n) is 15.2. The van der Waals surface area contributed by atoms with E-state index in [1.165, 1.54) is 17.8 Å². The maximum atomic E-state index is 13.2. The van der Waals surface area contributed by atoms with Gasteiger partial charge in [0.2, 0.25) is 0 Å². The Morgan fingerprint density at radius 2 is 1.85 bits per heavy atom. The third kappa shape index (κ3) is 4.59. The molecule has 7 heteroatoms. The molecule has 2 aliphatic heterocycles. The van der Waals surface area contributed by atoms with E-state index in [1.54, 1.807) is 18.2 Å². The van der Waals surface area contributed by atoms with E-state index in [4.69, 9.17) is 0 Å². The van der Waals surface area contributed by atoms with E-state index >= 15 is 0 Å². The topological polar surface area (TPSA) is 18.5 Å². The summed E-state index contributed by atoms with van der Waals surface area (Å²) in [6, 6.07) is 3.94. The first kappa shape index (κ1) is 20.0. The molecule has 2 heterocycles. The van der Waals surface area contributed by atoms with Gasteiger partial charge in [0.25, 0.3) is 0 Å². The van der Waals surface area contributed by atoms with Crippen LogP contribution in [0, 0.1) is 0 Å². The quantitative estimate of drug-likeness (QED) is 0.764. The van der Waals surface area contributed by atoms with E-state index in [0.29, 0.717) is 12.2 Å². The van der Waals surface area contributed by atoms with Crippen LogP contribution in [-0.4, -0.2) is 44.2 Å². The molecule has 0 aromatic heterocycles. The molecule has 0 radical (unpaired) electrons. The highest BCUT2D eigenvalue weighted by Gasteiger charge is 2.33. The van der Waals surface area contributed by atoms with Gasteiger partial charge in [-0.05, 0) is 37.2 Å². The average molecular weight is 395 g/mol. The lowest BCUT2D eigenvalue weighted by Crippen LogP contribution is -2.44. The fraction of sp³-hybridized carbons (Fsp3) is 0.400. The van der Waals surface area contributed by atoms with E-state index in [1.807, 2.05) is 4.90 Å². The maximum absolute atomic E-state index is 13.2. The zero-order valence-corrected chi connectivity index (χ0v) is 16.0. The third-order valence-corrected chi connectivity index (χ3v) is 5.95. The summed E-state index contributed by atoms with van der Waals surface area (Å²) in [6.07, 6.45) is -0.0469. The monoisotopic (exact) mass is 395 g/mol. The lowest BCUT2D eigenvalue weighted by molar-refractivity contribution is -0.137. The van der Waals surface area contributed by atoms with Gasteiger partial charge in [0, 0.05) is 42.5 Å². The van der Waals surface area contributed by atoms with Crippen LogP contribution in [0.1, 0.15) is 12.0 Å². The number of hydrogen-bond donors (Lipinski definition) is 1. The normalized spacial score (nSPS) is 18.4. The van der Waals surface area contributed by atoms with Crippen LogP contribution in [0.5, 0.6) is 0 Å². The van der Waals surface area contributed by atoms with Crippen molar-refractivity contribution >= 4 is 17.4 Å². The maximum Gasteiger partial charge on any atom is 0.416 e. The van der Waals surface area contributed by atoms with E-state index in [0.717, 1.165) is 60.7 Å². The van der Waals surface area contributed by atoms with Gasteiger partial charge in [-0.15, -0.1) is 0 Å². The Balaban J connectivity index is 1.85. The molecule has 1 N–H and O–H groups in total. The van der Waals surface area contributed by atoms with Crippen molar-refractivity contribution in [1.29, 1.82) is 0 Å². The number of rotatable bonds is 6. The van der Waals surface area contributed by atoms with E-state index in [2.05, 4.69) is 23.4 Å². The van der Waals surface area contributed by atoms with E-state index in [-0.39, 0.29) is 0 Å². The number of hydrogen-bond acceptors (Lipinski definition) is 4. The minimum atomic E-state index is -4.36. The van der Waals surface area contributed by atoms with Crippen LogP contribution in [0.3, 0.4) is 0 Å². The van der Waals surface area contributed by atoms with Crippen LogP contribution in [0.25, 0.3) is 0 Å². The number of piperazine rings is 1. The molecule has 2 aliphatic rings. The second-order valence-electron chi connectivity index (χ2n) is 6.54. The smallest absolute Gasteiger partial charge is 0.340 e. The Morgan fingerprint density at radius 1 is 1.11 bits per heavy atom. The fourth-order valence-corrected chi connectivity index (χ4v) is 4.44. The summed E-state index contributed by atoms with van der Waals surface area (Å²) in [5.41, 5.74) is 0.789. The fourth-order valence-electron chi connectivity index (χ4n) is 3.41. The van der Waals surface area contributed by atoms with E-state index in [9.17, 15) is 13.2 Å². The van der Waals surface area contributed by atoms with Crippen LogP contribution in [0.4, 0.5) is 18.9 Å². The predicted octanol–water partition coefficient (Wildman–Crippen LogP) is 4.50. The molecular formula is C20H24F3N3S. The van der Waals surface area contributed by atoms with Gasteiger partial charge in [0.1, 0.15) is 0 Å². The minimum Gasteiger partial charge on any atom is -0.340 e. The molecule has 146 valence electrons. The van der Waals surface area contributed by atoms with Gasteiger partial charge in [-0.3, -0.25) is 0 Å². The molecule has 0 aliphatic carbocycles. The highest BCUT2D eigenvalue weighted by Crippen LogP contribution is 2.46. The first-order valence-corrected chi connectivity index (χ1v) is 9.84. The molecule has 1 aromatic carbocycles. The number of fused-ring (bicyclic) bond motifs is 1. The molecule has 0 unspecified atom stereocenters. The molecule has 1 fully saturated rings. The number of halogens is 3. The second kappa shape index (κ2) is 8.54. The summed E-state index contributed by atoms with van der Waals surface area (Å²) < 4.78 is 39.6. The minimum absolute atomic E-state index is 0.593. The van der Waals surface area contributed by atoms with Gasteiger partial charge in [0.05, 0.1) is 16.9 Å². The van der Waals surface area contributed by atoms with Crippen LogP contribution in [-0.2, 0) is 6.18 Å². The van der Waals surface area contributed by atoms with Crippen molar-refractivity contribution in [1.82, 2.24) is 10.2 Å². The molecule has 1 saturated heterocycles. The lowest BCUT2D eigenvalue weighted by atomic mass is 10.1. The summed E-state index contributed by atoms with van der Waals surface area (Å²) in [7, 11) is 0. The average Bonchev–Trinajstić information content (AvgIpc) is 2.67. The third-order valence-electron chi connectivity index (χ3n) is 4.78. The molecule has 0 atom stereocenters. The molecular weight excluding hydrogens is 371 g/mol. The predicted molar refractivity (Wildman–Crippen MR) is 106 cm³/mol. The summed E-state index contributed by atoms with van der Waals surface area (Å²) in [6.45, 7) is 13.3. The van der Waals surface area contributed by atoms with Gasteiger partial charge in [-0.2, -0.15) is 13.2 Å². The van der Waals surface area contributed by atoms with Gasteiger partial charge >= 0.3 is 6.18 Å². The summed E-state index contributed by atoms with van der Waals surface area (Å²) in [5.74, 6) is 0. The standard InChI is InChI=1S/C20H24F3N3S/c1-3-16-18(4-2)27-19-7-6-15(20(21,22)23)14-17(19)26(16)11-5-10-25-12-8-24-9-13-25/h3-4,6-7,14,24H,1-2,5,8-13H2. The SMILES string of the molecule is C=CC1=C(C=C)N(CCCN2CCNCC2)c2cc(C(F)(F)F)ccc2S1. The Kier molecular flexibility index (Phi) is 6.34. The number of nitrogens with zero attached hydrogens (tertiary/aromatic N) is 2. The number of thioether (sulfide) groups is 1. The molecule has 0 amide bonds. The van der Waals surface area contributed by atoms with Crippen LogP contribution in [0.15, 0.2) is 59.0 Å². The van der Waals surface area contributed by atoms with Crippen LogP contribution in [0.2, 0.25) is 0 Å². The molecule has 0 spiro atoms. The molecule has 0 bridgehead atoms. The van der Waals surface area contributed by atoms with Crippen molar-refractivity contribution < 1.29 is 13.2 Å². The van der Waals surface area contributed by atoms with E-state index < -0.39 is 11.7 Å². The highest BCUT2D eigenvalue weighted by atomic mass is 32.2. The van der Waals surface area contributed by atoms with Gasteiger partial charge in [0.15, 0.2) is 0 Å². The zero-order chi connectivity index (χ0) is 19.4. The molecule has 27 heavy (non-hydrogen) atoms. The molecule has 3 rings (SSSR count). The highest BCUT2D eigenvalue weighted by molar-refractivity contribution is 8.03. The number of nitrogens with one attached hydrogen (secondary N) is 1. The van der Waals surface area contributed by atoms with Gasteiger partial charge < -0.3 is 15.1 Å². The van der Waals surface area contributed by atoms with Crippen molar-refractivity contribution in [3.8, 4) is 0 Å². The first-order chi connectivity index (χ1) is 12.9. The molecule has 1 aromatic rings. The van der Waals surface area contributed by atoms with Gasteiger partial charge in [-0.25, -0.2) is 0 Å². The van der Waals surface area contributed by atoms with Gasteiger partial charge in [-0.1, -0.05) is 31.0 Å². The van der Waals surface area contributed by atoms with Crippen molar-refractivity contribution in [3.05, 3.63) is 59.7 Å². The van der Waals surface area contributed by atoms with Crippen molar-refractivity contribution in [2.24, 2.45) is 0 Å². The van der Waals surface area contributed by atoms with Crippen molar-refractivity contribution in [2.75, 3.05) is 44.2 Å². The van der Waals surface area contributed by atoms with Crippen LogP contribution >= 0.6 is 11.8 Å². The Morgan fingerprint density at radius 3 is 2.48 bits per heavy atom. The largest absolute Gasteiger partial charge is 0.416 e. The number of benzene rings is 1. The second-order valence-corrected chi connectivity index (χ2v) is 7.62. The lowest BCUT2D eigenvalue weighted by Gasteiger charge is -2.34. The molecule has 3 nitrogen and oxygen atoms in total. The number of anilines is 1.